The lowest BCUT2D eigenvalue weighted by Crippen LogP contribution is -1.98. The number of nitrogens with zero attached hydrogens (tertiary/aromatic N) is 4. The molecule has 136 valence electrons. The number of aromatic nitrogens is 4. The summed E-state index contributed by atoms with van der Waals surface area (Å²) in [5.41, 5.74) is 1.67. The first kappa shape index (κ1) is 17.3. The molecule has 7 nitrogen and oxygen atoms in total. The fraction of sp³-hybridized carbons (Fsp3) is 0.158. The van der Waals surface area contributed by atoms with Gasteiger partial charge in [-0.15, -0.1) is 0 Å². The van der Waals surface area contributed by atoms with E-state index < -0.39 is 5.97 Å². The SMILES string of the molecule is COC(=O)c1ccc([C@@H](C)Sc2ncnc3c2cnn3-c2ccccc2)o1. The van der Waals surface area contributed by atoms with Gasteiger partial charge in [-0.1, -0.05) is 30.0 Å². The third-order valence-corrected chi connectivity index (χ3v) is 5.17. The van der Waals surface area contributed by atoms with E-state index in [9.17, 15) is 4.79 Å². The Kier molecular flexibility index (Phi) is 4.64. The first-order valence-electron chi connectivity index (χ1n) is 8.26. The van der Waals surface area contributed by atoms with E-state index in [1.165, 1.54) is 25.2 Å². The van der Waals surface area contributed by atoms with Gasteiger partial charge in [-0.2, -0.15) is 5.10 Å². The molecule has 3 heterocycles. The Labute approximate surface area is 159 Å². The van der Waals surface area contributed by atoms with Crippen molar-refractivity contribution in [3.05, 3.63) is 66.5 Å². The maximum atomic E-state index is 11.6. The molecule has 0 aliphatic rings. The summed E-state index contributed by atoms with van der Waals surface area (Å²) in [6.45, 7) is 1.99. The van der Waals surface area contributed by atoms with Crippen LogP contribution in [-0.4, -0.2) is 32.8 Å². The molecule has 1 aromatic carbocycles. The number of ether oxygens (including phenoxy) is 1. The average molecular weight is 380 g/mol. The summed E-state index contributed by atoms with van der Waals surface area (Å²) in [6.07, 6.45) is 3.29. The van der Waals surface area contributed by atoms with E-state index in [0.717, 1.165) is 21.7 Å². The van der Waals surface area contributed by atoms with Gasteiger partial charge in [0.2, 0.25) is 5.76 Å². The molecule has 3 aromatic heterocycles. The molecule has 0 saturated heterocycles. The molecule has 4 rings (SSSR count). The molecule has 0 fully saturated rings. The van der Waals surface area contributed by atoms with E-state index in [1.54, 1.807) is 23.0 Å². The number of carbonyl (C=O) groups excluding carboxylic acids is 1. The molecule has 4 aromatic rings. The highest BCUT2D eigenvalue weighted by Crippen LogP contribution is 2.37. The number of furan rings is 1. The molecule has 0 bridgehead atoms. The number of carbonyl (C=O) groups is 1. The van der Waals surface area contributed by atoms with Crippen LogP contribution in [0.15, 0.2) is 64.4 Å². The number of thioether (sulfide) groups is 1. The quantitative estimate of drug-likeness (QED) is 0.293. The second-order valence-corrected chi connectivity index (χ2v) is 7.09. The van der Waals surface area contributed by atoms with Crippen LogP contribution in [0.3, 0.4) is 0 Å². The molecule has 0 N–H and O–H groups in total. The third-order valence-electron chi connectivity index (χ3n) is 4.03. The molecule has 0 saturated carbocycles. The monoisotopic (exact) mass is 380 g/mol. The van der Waals surface area contributed by atoms with Gasteiger partial charge in [-0.3, -0.25) is 0 Å². The summed E-state index contributed by atoms with van der Waals surface area (Å²) in [4.78, 5) is 20.4. The largest absolute Gasteiger partial charge is 0.463 e. The minimum atomic E-state index is -0.494. The Morgan fingerprint density at radius 3 is 2.78 bits per heavy atom. The van der Waals surface area contributed by atoms with Crippen LogP contribution in [-0.2, 0) is 4.74 Å². The van der Waals surface area contributed by atoms with E-state index in [0.29, 0.717) is 5.76 Å². The summed E-state index contributed by atoms with van der Waals surface area (Å²) >= 11 is 1.52. The highest BCUT2D eigenvalue weighted by atomic mass is 32.2. The Bertz CT molecular complexity index is 1090. The van der Waals surface area contributed by atoms with Crippen LogP contribution in [0.25, 0.3) is 16.7 Å². The zero-order valence-electron chi connectivity index (χ0n) is 14.7. The molecular formula is C19H16N4O3S. The van der Waals surface area contributed by atoms with Gasteiger partial charge in [-0.05, 0) is 31.2 Å². The van der Waals surface area contributed by atoms with Gasteiger partial charge in [0.15, 0.2) is 5.65 Å². The van der Waals surface area contributed by atoms with Crippen LogP contribution in [0.2, 0.25) is 0 Å². The van der Waals surface area contributed by atoms with Crippen LogP contribution in [0.5, 0.6) is 0 Å². The molecular weight excluding hydrogens is 364 g/mol. The van der Waals surface area contributed by atoms with Gasteiger partial charge in [0.1, 0.15) is 17.1 Å². The average Bonchev–Trinajstić information content (AvgIpc) is 3.36. The number of rotatable bonds is 5. The normalized spacial score (nSPS) is 12.2. The highest BCUT2D eigenvalue weighted by Gasteiger charge is 2.19. The molecule has 0 aliphatic carbocycles. The van der Waals surface area contributed by atoms with Gasteiger partial charge in [0.25, 0.3) is 0 Å². The summed E-state index contributed by atoms with van der Waals surface area (Å²) in [5, 5.41) is 6.06. The minimum Gasteiger partial charge on any atom is -0.463 e. The second-order valence-electron chi connectivity index (χ2n) is 5.76. The Balaban J connectivity index is 1.64. The Hall–Kier alpha value is -3.13. The predicted molar refractivity (Wildman–Crippen MR) is 101 cm³/mol. The zero-order valence-corrected chi connectivity index (χ0v) is 15.5. The van der Waals surface area contributed by atoms with Crippen LogP contribution < -0.4 is 0 Å². The fourth-order valence-electron chi connectivity index (χ4n) is 2.68. The fourth-order valence-corrected chi connectivity index (χ4v) is 3.64. The Morgan fingerprint density at radius 2 is 2.00 bits per heavy atom. The van der Waals surface area contributed by atoms with Crippen molar-refractivity contribution < 1.29 is 13.9 Å². The summed E-state index contributed by atoms with van der Waals surface area (Å²) in [6, 6.07) is 13.2. The molecule has 0 amide bonds. The van der Waals surface area contributed by atoms with E-state index in [1.807, 2.05) is 37.3 Å². The van der Waals surface area contributed by atoms with Crippen molar-refractivity contribution in [2.75, 3.05) is 7.11 Å². The highest BCUT2D eigenvalue weighted by molar-refractivity contribution is 7.99. The van der Waals surface area contributed by atoms with Crippen molar-refractivity contribution in [3.63, 3.8) is 0 Å². The van der Waals surface area contributed by atoms with Crippen molar-refractivity contribution in [3.8, 4) is 5.69 Å². The number of hydrogen-bond donors (Lipinski definition) is 0. The standard InChI is InChI=1S/C19H16N4O3S/c1-12(15-8-9-16(26-15)19(24)25-2)27-18-14-10-22-23(17(14)20-11-21-18)13-6-4-3-5-7-13/h3-12H,1-2H3/t12-/m1/s1. The van der Waals surface area contributed by atoms with E-state index >= 15 is 0 Å². The summed E-state index contributed by atoms with van der Waals surface area (Å²) < 4.78 is 12.1. The molecule has 27 heavy (non-hydrogen) atoms. The van der Waals surface area contributed by atoms with Crippen molar-refractivity contribution in [2.24, 2.45) is 0 Å². The molecule has 8 heteroatoms. The number of esters is 1. The minimum absolute atomic E-state index is 0.0541. The molecule has 1 atom stereocenters. The molecule has 0 radical (unpaired) electrons. The number of fused-ring (bicyclic) bond motifs is 1. The number of hydrogen-bond acceptors (Lipinski definition) is 7. The topological polar surface area (TPSA) is 83.0 Å². The lowest BCUT2D eigenvalue weighted by Gasteiger charge is -2.08. The lowest BCUT2D eigenvalue weighted by molar-refractivity contribution is 0.0563. The van der Waals surface area contributed by atoms with Crippen LogP contribution in [0.4, 0.5) is 0 Å². The van der Waals surface area contributed by atoms with E-state index in [2.05, 4.69) is 19.8 Å². The van der Waals surface area contributed by atoms with Gasteiger partial charge in [0.05, 0.1) is 29.6 Å². The lowest BCUT2D eigenvalue weighted by atomic mass is 10.3. The van der Waals surface area contributed by atoms with Gasteiger partial charge in [-0.25, -0.2) is 19.4 Å². The second kappa shape index (κ2) is 7.24. The van der Waals surface area contributed by atoms with Gasteiger partial charge >= 0.3 is 5.97 Å². The first-order valence-corrected chi connectivity index (χ1v) is 9.14. The summed E-state index contributed by atoms with van der Waals surface area (Å²) in [5.74, 6) is 0.360. The Morgan fingerprint density at radius 1 is 1.19 bits per heavy atom. The predicted octanol–water partition coefficient (Wildman–Crippen LogP) is 4.05. The van der Waals surface area contributed by atoms with E-state index in [4.69, 9.17) is 4.42 Å². The zero-order chi connectivity index (χ0) is 18.8. The number of para-hydroxylation sites is 1. The van der Waals surface area contributed by atoms with Crippen LogP contribution in [0, 0.1) is 0 Å². The maximum absolute atomic E-state index is 11.6. The van der Waals surface area contributed by atoms with Crippen LogP contribution in [0.1, 0.15) is 28.5 Å². The van der Waals surface area contributed by atoms with Crippen molar-refractivity contribution >= 4 is 28.8 Å². The van der Waals surface area contributed by atoms with Crippen LogP contribution >= 0.6 is 11.8 Å². The van der Waals surface area contributed by atoms with Gasteiger partial charge in [0, 0.05) is 0 Å². The smallest absolute Gasteiger partial charge is 0.373 e. The number of benzene rings is 1. The van der Waals surface area contributed by atoms with Crippen molar-refractivity contribution in [1.29, 1.82) is 0 Å². The summed E-state index contributed by atoms with van der Waals surface area (Å²) in [7, 11) is 1.32. The molecule has 0 aliphatic heterocycles. The maximum Gasteiger partial charge on any atom is 0.373 e. The van der Waals surface area contributed by atoms with Crippen molar-refractivity contribution in [2.45, 2.75) is 17.2 Å². The van der Waals surface area contributed by atoms with E-state index in [-0.39, 0.29) is 11.0 Å². The van der Waals surface area contributed by atoms with Gasteiger partial charge < -0.3 is 9.15 Å². The third kappa shape index (κ3) is 3.31. The van der Waals surface area contributed by atoms with Crippen molar-refractivity contribution in [1.82, 2.24) is 19.7 Å². The molecule has 0 spiro atoms. The number of methoxy groups -OCH3 is 1. The molecule has 0 unspecified atom stereocenters. The first-order chi connectivity index (χ1) is 13.2.